The molecule has 1 aromatic rings. The lowest BCUT2D eigenvalue weighted by atomic mass is 10.2. The van der Waals surface area contributed by atoms with Gasteiger partial charge in [0, 0.05) is 0 Å². The molecule has 0 radical (unpaired) electrons. The maximum Gasteiger partial charge on any atom is 0.364 e. The molecule has 62 valence electrons. The van der Waals surface area contributed by atoms with E-state index in [0.29, 0.717) is 6.29 Å². The predicted octanol–water partition coefficient (Wildman–Crippen LogP) is 0.508. The molecule has 0 bridgehead atoms. The van der Waals surface area contributed by atoms with Gasteiger partial charge < -0.3 is 15.2 Å². The summed E-state index contributed by atoms with van der Waals surface area (Å²) in [7, 11) is 0. The topological polar surface area (TPSA) is 93.3 Å². The van der Waals surface area contributed by atoms with E-state index in [2.05, 4.69) is 4.98 Å². The van der Waals surface area contributed by atoms with Crippen molar-refractivity contribution < 1.29 is 14.8 Å². The Morgan fingerprint density at radius 2 is 2.33 bits per heavy atom. The fourth-order valence-electron chi connectivity index (χ4n) is 0.646. The first-order valence-corrected chi connectivity index (χ1v) is 2.93. The Balaban J connectivity index is 3.22. The van der Waals surface area contributed by atoms with Gasteiger partial charge in [0.15, 0.2) is 18.2 Å². The average molecular weight is 168 g/mol. The van der Waals surface area contributed by atoms with Crippen molar-refractivity contribution in [1.82, 2.24) is 4.98 Å². The lowest BCUT2D eigenvalue weighted by Gasteiger charge is -1.93. The molecule has 0 saturated heterocycles. The Morgan fingerprint density at radius 1 is 1.67 bits per heavy atom. The zero-order valence-corrected chi connectivity index (χ0v) is 5.80. The maximum atomic E-state index is 10.2. The number of carbonyl (C=O) groups excluding carboxylic acids is 1. The van der Waals surface area contributed by atoms with Crippen molar-refractivity contribution in [2.24, 2.45) is 0 Å². The van der Waals surface area contributed by atoms with Crippen LogP contribution in [0.15, 0.2) is 12.3 Å². The average Bonchev–Trinajstić information content (AvgIpc) is 2.05. The Morgan fingerprint density at radius 3 is 2.83 bits per heavy atom. The molecule has 6 heteroatoms. The van der Waals surface area contributed by atoms with Crippen LogP contribution in [-0.2, 0) is 0 Å². The van der Waals surface area contributed by atoms with Gasteiger partial charge >= 0.3 is 5.82 Å². The second-order valence-electron chi connectivity index (χ2n) is 1.98. The minimum Gasteiger partial charge on any atom is -0.504 e. The fraction of sp³-hybridized carbons (Fsp3) is 0. The van der Waals surface area contributed by atoms with E-state index >= 15 is 0 Å². The molecule has 0 aliphatic carbocycles. The van der Waals surface area contributed by atoms with E-state index < -0.39 is 10.7 Å². The van der Waals surface area contributed by atoms with Crippen LogP contribution >= 0.6 is 0 Å². The Bertz CT molecular complexity index is 336. The Kier molecular flexibility index (Phi) is 2.00. The molecule has 12 heavy (non-hydrogen) atoms. The SMILES string of the molecule is O=Cc1cc([N+](=O)[O-])ncc1O. The molecule has 6 nitrogen and oxygen atoms in total. The normalized spacial score (nSPS) is 9.33. The zero-order valence-electron chi connectivity index (χ0n) is 5.80. The van der Waals surface area contributed by atoms with Crippen molar-refractivity contribution in [2.45, 2.75) is 0 Å². The highest BCUT2D eigenvalue weighted by Crippen LogP contribution is 2.17. The molecule has 1 heterocycles. The van der Waals surface area contributed by atoms with E-state index in [9.17, 15) is 14.9 Å². The van der Waals surface area contributed by atoms with E-state index in [4.69, 9.17) is 5.11 Å². The highest BCUT2D eigenvalue weighted by molar-refractivity contribution is 5.79. The molecule has 0 saturated carbocycles. The van der Waals surface area contributed by atoms with Crippen LogP contribution in [0.1, 0.15) is 10.4 Å². The second kappa shape index (κ2) is 2.95. The van der Waals surface area contributed by atoms with Crippen LogP contribution in [0.4, 0.5) is 5.82 Å². The fourth-order valence-corrected chi connectivity index (χ4v) is 0.646. The summed E-state index contributed by atoms with van der Waals surface area (Å²) in [6, 6.07) is 0.905. The number of pyridine rings is 1. The standard InChI is InChI=1S/C6H4N2O4/c9-3-4-1-6(8(11)12)7-2-5(4)10/h1-3,10H. The molecule has 1 N–H and O–H groups in total. The zero-order chi connectivity index (χ0) is 9.14. The lowest BCUT2D eigenvalue weighted by Crippen LogP contribution is -1.93. The third-order valence-corrected chi connectivity index (χ3v) is 1.21. The highest BCUT2D eigenvalue weighted by Gasteiger charge is 2.11. The van der Waals surface area contributed by atoms with E-state index in [1.807, 2.05) is 0 Å². The smallest absolute Gasteiger partial charge is 0.364 e. The molecule has 0 atom stereocenters. The van der Waals surface area contributed by atoms with Gasteiger partial charge in [-0.15, -0.1) is 0 Å². The van der Waals surface area contributed by atoms with Gasteiger partial charge in [0.25, 0.3) is 0 Å². The summed E-state index contributed by atoms with van der Waals surface area (Å²) in [5, 5.41) is 19.0. The molecule has 1 rings (SSSR count). The van der Waals surface area contributed by atoms with Crippen LogP contribution in [0.3, 0.4) is 0 Å². The van der Waals surface area contributed by atoms with Gasteiger partial charge in [0.1, 0.15) is 0 Å². The molecule has 1 aromatic heterocycles. The highest BCUT2D eigenvalue weighted by atomic mass is 16.6. The van der Waals surface area contributed by atoms with Gasteiger partial charge in [0.2, 0.25) is 0 Å². The van der Waals surface area contributed by atoms with Crippen LogP contribution in [0.25, 0.3) is 0 Å². The minimum atomic E-state index is -0.744. The lowest BCUT2D eigenvalue weighted by molar-refractivity contribution is -0.389. The largest absolute Gasteiger partial charge is 0.504 e. The van der Waals surface area contributed by atoms with Gasteiger partial charge in [0.05, 0.1) is 11.6 Å². The van der Waals surface area contributed by atoms with E-state index in [-0.39, 0.29) is 11.3 Å². The number of hydrogen-bond donors (Lipinski definition) is 1. The summed E-state index contributed by atoms with van der Waals surface area (Å²) in [5.41, 5.74) is -0.142. The second-order valence-corrected chi connectivity index (χ2v) is 1.98. The number of aromatic nitrogens is 1. The van der Waals surface area contributed by atoms with Crippen molar-refractivity contribution in [1.29, 1.82) is 0 Å². The number of nitrogens with zero attached hydrogens (tertiary/aromatic N) is 2. The summed E-state index contributed by atoms with van der Waals surface area (Å²) >= 11 is 0. The van der Waals surface area contributed by atoms with Gasteiger partial charge in [-0.1, -0.05) is 0 Å². The number of hydrogen-bond acceptors (Lipinski definition) is 5. The number of aldehydes is 1. The molecule has 0 aromatic carbocycles. The first-order chi connectivity index (χ1) is 5.65. The number of aromatic hydroxyl groups is 1. The summed E-state index contributed by atoms with van der Waals surface area (Å²) < 4.78 is 0. The number of rotatable bonds is 2. The van der Waals surface area contributed by atoms with Crippen molar-refractivity contribution >= 4 is 12.1 Å². The van der Waals surface area contributed by atoms with Crippen molar-refractivity contribution in [3.63, 3.8) is 0 Å². The third kappa shape index (κ3) is 1.36. The monoisotopic (exact) mass is 168 g/mol. The van der Waals surface area contributed by atoms with Crippen molar-refractivity contribution in [2.75, 3.05) is 0 Å². The number of carbonyl (C=O) groups is 1. The molecule has 0 aliphatic heterocycles. The molecule has 0 amide bonds. The molecule has 0 aliphatic rings. The van der Waals surface area contributed by atoms with Crippen molar-refractivity contribution in [3.05, 3.63) is 27.9 Å². The van der Waals surface area contributed by atoms with E-state index in [0.717, 1.165) is 12.3 Å². The molecular formula is C6H4N2O4. The Hall–Kier alpha value is -1.98. The van der Waals surface area contributed by atoms with Crippen LogP contribution in [0.2, 0.25) is 0 Å². The van der Waals surface area contributed by atoms with Crippen LogP contribution < -0.4 is 0 Å². The first kappa shape index (κ1) is 8.12. The molecule has 0 spiro atoms. The number of nitro groups is 1. The van der Waals surface area contributed by atoms with Crippen LogP contribution in [-0.4, -0.2) is 21.3 Å². The first-order valence-electron chi connectivity index (χ1n) is 2.93. The van der Waals surface area contributed by atoms with Crippen LogP contribution in [0, 0.1) is 10.1 Å². The van der Waals surface area contributed by atoms with Gasteiger partial charge in [-0.05, 0) is 9.91 Å². The summed E-state index contributed by atoms with van der Waals surface area (Å²) in [6.07, 6.45) is 1.19. The van der Waals surface area contributed by atoms with E-state index in [1.54, 1.807) is 0 Å². The third-order valence-electron chi connectivity index (χ3n) is 1.21. The summed E-state index contributed by atoms with van der Waals surface area (Å²) in [4.78, 5) is 22.9. The van der Waals surface area contributed by atoms with Crippen LogP contribution in [0.5, 0.6) is 5.75 Å². The van der Waals surface area contributed by atoms with E-state index in [1.165, 1.54) is 0 Å². The quantitative estimate of drug-likeness (QED) is 0.394. The van der Waals surface area contributed by atoms with Crippen molar-refractivity contribution in [3.8, 4) is 5.75 Å². The molecule has 0 unspecified atom stereocenters. The van der Waals surface area contributed by atoms with Gasteiger partial charge in [-0.3, -0.25) is 4.79 Å². The van der Waals surface area contributed by atoms with Gasteiger partial charge in [-0.25, -0.2) is 0 Å². The molecular weight excluding hydrogens is 164 g/mol. The molecule has 0 fully saturated rings. The maximum absolute atomic E-state index is 10.2. The Labute approximate surface area is 66.6 Å². The minimum absolute atomic E-state index is 0.142. The summed E-state index contributed by atoms with van der Waals surface area (Å²) in [5.74, 6) is -0.828. The van der Waals surface area contributed by atoms with Gasteiger partial charge in [-0.2, -0.15) is 0 Å². The predicted molar refractivity (Wildman–Crippen MR) is 37.9 cm³/mol. The summed E-state index contributed by atoms with van der Waals surface area (Å²) in [6.45, 7) is 0.